The molecule has 0 rings (SSSR count). The Balaban J connectivity index is 3.90. The molecule has 17 heavy (non-hydrogen) atoms. The molecular formula is C11H21NO5. The van der Waals surface area contributed by atoms with Crippen molar-refractivity contribution in [1.29, 1.82) is 0 Å². The first-order valence-electron chi connectivity index (χ1n) is 5.52. The minimum atomic E-state index is -1.09. The molecule has 0 saturated carbocycles. The molecule has 100 valence electrons. The van der Waals surface area contributed by atoms with Gasteiger partial charge in [-0.3, -0.25) is 10.1 Å². The molecule has 0 saturated heterocycles. The predicted octanol–water partition coefficient (Wildman–Crippen LogP) is 1.33. The van der Waals surface area contributed by atoms with Crippen LogP contribution in [0.2, 0.25) is 0 Å². The van der Waals surface area contributed by atoms with Crippen LogP contribution in [-0.4, -0.2) is 34.1 Å². The highest BCUT2D eigenvalue weighted by molar-refractivity contribution is 5.69. The van der Waals surface area contributed by atoms with Crippen molar-refractivity contribution in [3.63, 3.8) is 0 Å². The van der Waals surface area contributed by atoms with Crippen molar-refractivity contribution in [1.82, 2.24) is 5.32 Å². The maximum Gasteiger partial charge on any atom is 0.409 e. The lowest BCUT2D eigenvalue weighted by Gasteiger charge is -2.21. The molecule has 0 fully saturated rings. The summed E-state index contributed by atoms with van der Waals surface area (Å²) < 4.78 is 4.94. The van der Waals surface area contributed by atoms with E-state index >= 15 is 0 Å². The highest BCUT2D eigenvalue weighted by Gasteiger charge is 2.19. The van der Waals surface area contributed by atoms with Crippen LogP contribution in [0.5, 0.6) is 0 Å². The molecule has 0 spiro atoms. The van der Waals surface area contributed by atoms with Crippen LogP contribution in [0, 0.1) is 5.92 Å². The largest absolute Gasteiger partial charge is 0.481 e. The molecule has 0 aliphatic carbocycles. The SMILES string of the molecule is C[C@@H](CCC(O)NC(=O)OC(C)(C)C)C(=O)O. The van der Waals surface area contributed by atoms with Gasteiger partial charge in [0, 0.05) is 0 Å². The van der Waals surface area contributed by atoms with Gasteiger partial charge in [0.25, 0.3) is 0 Å². The fraction of sp³-hybridized carbons (Fsp3) is 0.818. The Labute approximate surface area is 101 Å². The van der Waals surface area contributed by atoms with E-state index in [1.165, 1.54) is 0 Å². The third kappa shape index (κ3) is 8.50. The van der Waals surface area contributed by atoms with Gasteiger partial charge in [0.15, 0.2) is 0 Å². The van der Waals surface area contributed by atoms with Crippen LogP contribution in [0.4, 0.5) is 4.79 Å². The maximum atomic E-state index is 11.2. The van der Waals surface area contributed by atoms with Crippen LogP contribution in [-0.2, 0) is 9.53 Å². The number of carbonyl (C=O) groups is 2. The van der Waals surface area contributed by atoms with Gasteiger partial charge in [0.05, 0.1) is 5.92 Å². The number of aliphatic hydroxyl groups excluding tert-OH is 1. The van der Waals surface area contributed by atoms with Gasteiger partial charge >= 0.3 is 12.1 Å². The van der Waals surface area contributed by atoms with Crippen molar-refractivity contribution in [3.8, 4) is 0 Å². The fourth-order valence-corrected chi connectivity index (χ4v) is 1.05. The summed E-state index contributed by atoms with van der Waals surface area (Å²) in [5, 5.41) is 20.3. The van der Waals surface area contributed by atoms with E-state index in [1.54, 1.807) is 27.7 Å². The molecule has 0 heterocycles. The maximum absolute atomic E-state index is 11.2. The van der Waals surface area contributed by atoms with E-state index < -0.39 is 29.8 Å². The predicted molar refractivity (Wildman–Crippen MR) is 61.4 cm³/mol. The Morgan fingerprint density at radius 1 is 1.29 bits per heavy atom. The molecule has 0 aromatic heterocycles. The normalized spacial score (nSPS) is 14.9. The van der Waals surface area contributed by atoms with Gasteiger partial charge in [-0.05, 0) is 33.6 Å². The molecular weight excluding hydrogens is 226 g/mol. The van der Waals surface area contributed by atoms with Crippen molar-refractivity contribution in [2.45, 2.75) is 52.4 Å². The topological polar surface area (TPSA) is 95.9 Å². The molecule has 6 heteroatoms. The number of aliphatic carboxylic acids is 1. The quantitative estimate of drug-likeness (QED) is 0.637. The second-order valence-electron chi connectivity index (χ2n) is 4.98. The van der Waals surface area contributed by atoms with E-state index in [0.717, 1.165) is 0 Å². The summed E-state index contributed by atoms with van der Waals surface area (Å²) in [5.41, 5.74) is -0.627. The Morgan fingerprint density at radius 3 is 2.24 bits per heavy atom. The van der Waals surface area contributed by atoms with Gasteiger partial charge in [-0.15, -0.1) is 0 Å². The average molecular weight is 247 g/mol. The van der Waals surface area contributed by atoms with E-state index in [2.05, 4.69) is 5.32 Å². The number of alkyl carbamates (subject to hydrolysis) is 1. The van der Waals surface area contributed by atoms with Gasteiger partial charge in [-0.1, -0.05) is 6.92 Å². The number of amides is 1. The summed E-state index contributed by atoms with van der Waals surface area (Å²) in [6.07, 6.45) is -1.35. The molecule has 0 aromatic rings. The molecule has 0 aromatic carbocycles. The van der Waals surface area contributed by atoms with Gasteiger partial charge in [0.1, 0.15) is 11.8 Å². The van der Waals surface area contributed by atoms with Crippen molar-refractivity contribution >= 4 is 12.1 Å². The fourth-order valence-electron chi connectivity index (χ4n) is 1.05. The third-order valence-electron chi connectivity index (χ3n) is 1.98. The zero-order valence-electron chi connectivity index (χ0n) is 10.7. The second-order valence-corrected chi connectivity index (χ2v) is 4.98. The molecule has 1 amide bonds. The molecule has 0 aliphatic rings. The number of carboxylic acid groups (broad SMARTS) is 1. The summed E-state index contributed by atoms with van der Waals surface area (Å²) in [6.45, 7) is 6.69. The first kappa shape index (κ1) is 15.7. The molecule has 0 bridgehead atoms. The smallest absolute Gasteiger partial charge is 0.409 e. The Bertz CT molecular complexity index is 272. The second kappa shape index (κ2) is 6.44. The van der Waals surface area contributed by atoms with Crippen LogP contribution in [0.3, 0.4) is 0 Å². The van der Waals surface area contributed by atoms with Gasteiger partial charge in [-0.2, -0.15) is 0 Å². The zero-order chi connectivity index (χ0) is 13.6. The van der Waals surface area contributed by atoms with E-state index in [1.807, 2.05) is 0 Å². The van der Waals surface area contributed by atoms with Gasteiger partial charge in [-0.25, -0.2) is 4.79 Å². The first-order chi connectivity index (χ1) is 7.61. The molecule has 6 nitrogen and oxygen atoms in total. The van der Waals surface area contributed by atoms with Crippen LogP contribution < -0.4 is 5.32 Å². The lowest BCUT2D eigenvalue weighted by molar-refractivity contribution is -0.141. The van der Waals surface area contributed by atoms with Crippen LogP contribution in [0.1, 0.15) is 40.5 Å². The highest BCUT2D eigenvalue weighted by atomic mass is 16.6. The van der Waals surface area contributed by atoms with E-state index in [-0.39, 0.29) is 12.8 Å². The third-order valence-corrected chi connectivity index (χ3v) is 1.98. The minimum Gasteiger partial charge on any atom is -0.481 e. The number of aliphatic hydroxyl groups is 1. The summed E-state index contributed by atoms with van der Waals surface area (Å²) in [5.74, 6) is -1.47. The average Bonchev–Trinajstić information content (AvgIpc) is 2.10. The van der Waals surface area contributed by atoms with Crippen molar-refractivity contribution in [2.75, 3.05) is 0 Å². The number of rotatable bonds is 5. The van der Waals surface area contributed by atoms with Crippen molar-refractivity contribution < 1.29 is 24.5 Å². The number of hydrogen-bond acceptors (Lipinski definition) is 4. The van der Waals surface area contributed by atoms with Gasteiger partial charge < -0.3 is 14.9 Å². The minimum absolute atomic E-state index is 0.173. The highest BCUT2D eigenvalue weighted by Crippen LogP contribution is 2.09. The summed E-state index contributed by atoms with van der Waals surface area (Å²) in [7, 11) is 0. The molecule has 1 unspecified atom stereocenters. The van der Waals surface area contributed by atoms with Gasteiger partial charge in [0.2, 0.25) is 0 Å². The molecule has 3 N–H and O–H groups in total. The van der Waals surface area contributed by atoms with Crippen LogP contribution in [0.15, 0.2) is 0 Å². The summed E-state index contributed by atoms with van der Waals surface area (Å²) >= 11 is 0. The Morgan fingerprint density at radius 2 is 1.82 bits per heavy atom. The lowest BCUT2D eigenvalue weighted by atomic mass is 10.1. The number of ether oxygens (including phenoxy) is 1. The number of hydrogen-bond donors (Lipinski definition) is 3. The monoisotopic (exact) mass is 247 g/mol. The number of nitrogens with one attached hydrogen (secondary N) is 1. The van der Waals surface area contributed by atoms with E-state index in [4.69, 9.17) is 9.84 Å². The van der Waals surface area contributed by atoms with E-state index in [0.29, 0.717) is 0 Å². The van der Waals surface area contributed by atoms with Crippen molar-refractivity contribution in [3.05, 3.63) is 0 Å². The van der Waals surface area contributed by atoms with Crippen molar-refractivity contribution in [2.24, 2.45) is 5.92 Å². The Kier molecular flexibility index (Phi) is 5.95. The standard InChI is InChI=1S/C11H21NO5/c1-7(9(14)15)5-6-8(13)12-10(16)17-11(2,3)4/h7-8,13H,5-6H2,1-4H3,(H,12,16)(H,14,15)/t7-,8?/m0/s1. The number of carbonyl (C=O) groups excluding carboxylic acids is 1. The van der Waals surface area contributed by atoms with E-state index in [9.17, 15) is 14.7 Å². The summed E-state index contributed by atoms with van der Waals surface area (Å²) in [4.78, 5) is 21.8. The lowest BCUT2D eigenvalue weighted by Crippen LogP contribution is -2.39. The Hall–Kier alpha value is -1.30. The first-order valence-corrected chi connectivity index (χ1v) is 5.52. The molecule has 0 radical (unpaired) electrons. The van der Waals surface area contributed by atoms with Crippen LogP contribution >= 0.6 is 0 Å². The molecule has 2 atom stereocenters. The number of carboxylic acids is 1. The van der Waals surface area contributed by atoms with Crippen LogP contribution in [0.25, 0.3) is 0 Å². The molecule has 0 aliphatic heterocycles. The zero-order valence-corrected chi connectivity index (χ0v) is 10.7. The summed E-state index contributed by atoms with van der Waals surface area (Å²) in [6, 6.07) is 0.